The lowest BCUT2D eigenvalue weighted by atomic mass is 9.94. The minimum absolute atomic E-state index is 0.114. The first-order chi connectivity index (χ1) is 13.5. The molecule has 3 fully saturated rings. The van der Waals surface area contributed by atoms with Gasteiger partial charge in [-0.2, -0.15) is 0 Å². The number of carbonyl (C=O) groups excluding carboxylic acids is 1. The van der Waals surface area contributed by atoms with Crippen molar-refractivity contribution in [1.29, 1.82) is 0 Å². The van der Waals surface area contributed by atoms with Crippen LogP contribution >= 0.6 is 11.3 Å². The maximum Gasteiger partial charge on any atom is 0.273 e. The highest BCUT2D eigenvalue weighted by Gasteiger charge is 2.39. The molecule has 2 heterocycles. The van der Waals surface area contributed by atoms with Crippen LogP contribution in [0, 0.1) is 0 Å². The number of amides is 1. The lowest BCUT2D eigenvalue weighted by Crippen LogP contribution is -2.43. The van der Waals surface area contributed by atoms with Crippen LogP contribution in [0.15, 0.2) is 5.38 Å². The van der Waals surface area contributed by atoms with Gasteiger partial charge in [0.25, 0.3) is 5.91 Å². The maximum atomic E-state index is 13.2. The quantitative estimate of drug-likeness (QED) is 0.698. The summed E-state index contributed by atoms with van der Waals surface area (Å²) in [6.45, 7) is 2.80. The molecule has 1 aromatic rings. The lowest BCUT2D eigenvalue weighted by Gasteiger charge is -2.34. The van der Waals surface area contributed by atoms with Gasteiger partial charge in [-0.3, -0.25) is 4.79 Å². The van der Waals surface area contributed by atoms with Crippen molar-refractivity contribution in [3.63, 3.8) is 0 Å². The van der Waals surface area contributed by atoms with Crippen molar-refractivity contribution in [3.8, 4) is 0 Å². The second kappa shape index (κ2) is 8.40. The van der Waals surface area contributed by atoms with Gasteiger partial charge < -0.3 is 4.90 Å². The fourth-order valence-corrected chi connectivity index (χ4v) is 6.71. The van der Waals surface area contributed by atoms with Gasteiger partial charge in [0.05, 0.1) is 10.8 Å². The Morgan fingerprint density at radius 2 is 1.75 bits per heavy atom. The molecule has 6 nitrogen and oxygen atoms in total. The molecule has 2 aliphatic carbocycles. The molecule has 1 amide bonds. The molecule has 0 radical (unpaired) electrons. The Labute approximate surface area is 172 Å². The third-order valence-corrected chi connectivity index (χ3v) is 9.33. The van der Waals surface area contributed by atoms with Crippen LogP contribution in [0.3, 0.4) is 0 Å². The normalized spacial score (nSPS) is 23.0. The van der Waals surface area contributed by atoms with E-state index in [1.54, 1.807) is 22.6 Å². The molecule has 1 aromatic heterocycles. The number of hydrogen-bond acceptors (Lipinski definition) is 5. The van der Waals surface area contributed by atoms with Crippen molar-refractivity contribution >= 4 is 27.3 Å². The summed E-state index contributed by atoms with van der Waals surface area (Å²) in [5, 5.41) is 2.92. The summed E-state index contributed by atoms with van der Waals surface area (Å²) in [6.07, 6.45) is 9.83. The van der Waals surface area contributed by atoms with Crippen molar-refractivity contribution in [1.82, 2.24) is 14.2 Å². The predicted octanol–water partition coefficient (Wildman–Crippen LogP) is 3.61. The van der Waals surface area contributed by atoms with Crippen molar-refractivity contribution in [2.75, 3.05) is 18.8 Å². The highest BCUT2D eigenvalue weighted by atomic mass is 32.2. The Morgan fingerprint density at radius 1 is 1.11 bits per heavy atom. The fraction of sp³-hybridized carbons (Fsp3) is 0.800. The molecule has 2 saturated carbocycles. The van der Waals surface area contributed by atoms with E-state index in [2.05, 4.69) is 4.90 Å². The first kappa shape index (κ1) is 20.3. The number of rotatable bonds is 6. The Kier molecular flexibility index (Phi) is 6.09. The van der Waals surface area contributed by atoms with Crippen LogP contribution in [0.25, 0.3) is 0 Å². The van der Waals surface area contributed by atoms with Crippen molar-refractivity contribution in [3.05, 3.63) is 16.1 Å². The van der Waals surface area contributed by atoms with Crippen LogP contribution in [0.5, 0.6) is 0 Å². The van der Waals surface area contributed by atoms with Crippen LogP contribution in [0.2, 0.25) is 0 Å². The van der Waals surface area contributed by atoms with Gasteiger partial charge in [0.2, 0.25) is 10.0 Å². The summed E-state index contributed by atoms with van der Waals surface area (Å²) >= 11 is 1.57. The van der Waals surface area contributed by atoms with E-state index in [9.17, 15) is 13.2 Å². The Bertz CT molecular complexity index is 789. The van der Waals surface area contributed by atoms with Crippen LogP contribution < -0.4 is 0 Å². The monoisotopic (exact) mass is 425 g/mol. The average Bonchev–Trinajstić information content (AvgIpc) is 3.43. The third-order valence-electron chi connectivity index (χ3n) is 6.45. The summed E-state index contributed by atoms with van der Waals surface area (Å²) in [5.74, 6) is 0.535. The molecular formula is C20H31N3O3S2. The van der Waals surface area contributed by atoms with E-state index < -0.39 is 10.0 Å². The smallest absolute Gasteiger partial charge is 0.273 e. The van der Waals surface area contributed by atoms with Gasteiger partial charge in [-0.05, 0) is 45.4 Å². The van der Waals surface area contributed by atoms with Crippen molar-refractivity contribution in [2.45, 2.75) is 82.7 Å². The molecule has 0 aromatic carbocycles. The number of carbonyl (C=O) groups is 1. The second-order valence-electron chi connectivity index (χ2n) is 8.38. The van der Waals surface area contributed by atoms with E-state index in [-0.39, 0.29) is 17.6 Å². The maximum absolute atomic E-state index is 13.2. The first-order valence-corrected chi connectivity index (χ1v) is 13.2. The molecule has 1 saturated heterocycles. The highest BCUT2D eigenvalue weighted by molar-refractivity contribution is 7.89. The topological polar surface area (TPSA) is 70.6 Å². The summed E-state index contributed by atoms with van der Waals surface area (Å²) in [6, 6.07) is 0.810. The number of aromatic nitrogens is 1. The number of sulfonamides is 1. The largest absolute Gasteiger partial charge is 0.331 e. The minimum atomic E-state index is -3.11. The first-order valence-electron chi connectivity index (χ1n) is 10.8. The van der Waals surface area contributed by atoms with Crippen molar-refractivity contribution < 1.29 is 13.2 Å². The number of thiazole rings is 1. The summed E-state index contributed by atoms with van der Waals surface area (Å²) < 4.78 is 25.7. The van der Waals surface area contributed by atoms with Gasteiger partial charge >= 0.3 is 0 Å². The van der Waals surface area contributed by atoms with Crippen LogP contribution in [0.4, 0.5) is 0 Å². The van der Waals surface area contributed by atoms with Crippen molar-refractivity contribution in [2.24, 2.45) is 0 Å². The summed E-state index contributed by atoms with van der Waals surface area (Å²) in [4.78, 5) is 20.1. The number of hydrogen-bond donors (Lipinski definition) is 0. The molecule has 0 spiro atoms. The van der Waals surface area contributed by atoms with Gasteiger partial charge in [0.1, 0.15) is 5.69 Å². The second-order valence-corrected chi connectivity index (χ2v) is 11.5. The fourth-order valence-electron chi connectivity index (χ4n) is 4.61. The van der Waals surface area contributed by atoms with E-state index in [0.29, 0.717) is 30.9 Å². The van der Waals surface area contributed by atoms with Gasteiger partial charge in [0, 0.05) is 36.5 Å². The molecule has 156 valence electrons. The highest BCUT2D eigenvalue weighted by Crippen LogP contribution is 2.36. The average molecular weight is 426 g/mol. The van der Waals surface area contributed by atoms with E-state index in [4.69, 9.17) is 4.98 Å². The zero-order valence-corrected chi connectivity index (χ0v) is 18.3. The number of nitrogens with zero attached hydrogens (tertiary/aromatic N) is 3. The zero-order chi connectivity index (χ0) is 19.7. The van der Waals surface area contributed by atoms with E-state index >= 15 is 0 Å². The molecule has 3 aliphatic rings. The van der Waals surface area contributed by atoms with Crippen LogP contribution in [-0.4, -0.2) is 59.4 Å². The van der Waals surface area contributed by atoms with Crippen LogP contribution in [-0.2, 0) is 10.0 Å². The molecule has 0 N–H and O–H groups in total. The SMILES string of the molecule is CCS(=O)(=O)N1CCC(c2nc(C(=O)N(C3CCCCC3)C3CC3)cs2)CC1. The molecule has 1 aliphatic heterocycles. The molecular weight excluding hydrogens is 394 g/mol. The minimum Gasteiger partial charge on any atom is -0.331 e. The Balaban J connectivity index is 1.42. The lowest BCUT2D eigenvalue weighted by molar-refractivity contribution is 0.0608. The van der Waals surface area contributed by atoms with Gasteiger partial charge in [0.15, 0.2) is 0 Å². The van der Waals surface area contributed by atoms with Gasteiger partial charge in [-0.15, -0.1) is 11.3 Å². The van der Waals surface area contributed by atoms with E-state index in [1.807, 2.05) is 5.38 Å². The molecule has 0 atom stereocenters. The van der Waals surface area contributed by atoms with Gasteiger partial charge in [-0.25, -0.2) is 17.7 Å². The predicted molar refractivity (Wildman–Crippen MR) is 111 cm³/mol. The Hall–Kier alpha value is -0.990. The molecule has 8 heteroatoms. The third kappa shape index (κ3) is 4.28. The Morgan fingerprint density at radius 3 is 2.36 bits per heavy atom. The van der Waals surface area contributed by atoms with E-state index in [0.717, 1.165) is 43.5 Å². The summed E-state index contributed by atoms with van der Waals surface area (Å²) in [5.41, 5.74) is 0.598. The standard InChI is InChI=1S/C20H31N3O3S2/c1-2-28(25,26)22-12-10-15(11-13-22)19-21-18(14-27-19)20(24)23(17-8-9-17)16-6-4-3-5-7-16/h14-17H,2-13H2,1H3. The van der Waals surface area contributed by atoms with E-state index in [1.165, 1.54) is 19.3 Å². The van der Waals surface area contributed by atoms with Crippen LogP contribution in [0.1, 0.15) is 86.1 Å². The molecule has 0 bridgehead atoms. The van der Waals surface area contributed by atoms with Gasteiger partial charge in [-0.1, -0.05) is 19.3 Å². The summed E-state index contributed by atoms with van der Waals surface area (Å²) in [7, 11) is -3.11. The molecule has 4 rings (SSSR count). The molecule has 0 unspecified atom stereocenters. The number of piperidine rings is 1. The zero-order valence-electron chi connectivity index (χ0n) is 16.7. The molecule has 28 heavy (non-hydrogen) atoms.